The Morgan fingerprint density at radius 3 is 2.64 bits per heavy atom. The topological polar surface area (TPSA) is 58.1 Å². The first-order valence-electron chi connectivity index (χ1n) is 9.13. The molecule has 0 bridgehead atoms. The number of piperidine rings is 1. The van der Waals surface area contributed by atoms with Gasteiger partial charge in [-0.25, -0.2) is 9.97 Å². The predicted octanol–water partition coefficient (Wildman–Crippen LogP) is 5.41. The largest absolute Gasteiger partial charge is 0.348 e. The van der Waals surface area contributed by atoms with Crippen LogP contribution in [0.4, 0.5) is 10.3 Å². The molecule has 1 aliphatic rings. The zero-order chi connectivity index (χ0) is 19.1. The van der Waals surface area contributed by atoms with Crippen LogP contribution < -0.4 is 10.2 Å². The fraction of sp³-hybridized carbons (Fsp3) is 0.250. The molecule has 3 heterocycles. The highest BCUT2D eigenvalue weighted by molar-refractivity contribution is 7.22. The van der Waals surface area contributed by atoms with Crippen LogP contribution in [0.2, 0.25) is 5.02 Å². The van der Waals surface area contributed by atoms with Gasteiger partial charge in [-0.3, -0.25) is 4.79 Å². The minimum Gasteiger partial charge on any atom is -0.348 e. The van der Waals surface area contributed by atoms with Crippen molar-refractivity contribution in [1.29, 1.82) is 0 Å². The number of aromatic nitrogens is 2. The first kappa shape index (κ1) is 17.8. The standard InChI is InChI=1S/C20H17ClN4OS2/c21-13-5-6-15-17(11-13)27-19(22-15)24-18(26)12-7-9-25(10-8-12)20-23-14-3-1-2-4-16(14)28-20/h1-6,11-12H,7-10H2,(H,22,24,26). The summed E-state index contributed by atoms with van der Waals surface area (Å²) in [5.41, 5.74) is 1.90. The molecule has 28 heavy (non-hydrogen) atoms. The SMILES string of the molecule is O=C(Nc1nc2ccc(Cl)cc2s1)C1CCN(c2nc3ccccc3s2)CC1. The number of hydrogen-bond acceptors (Lipinski definition) is 6. The highest BCUT2D eigenvalue weighted by atomic mass is 35.5. The first-order valence-corrected chi connectivity index (χ1v) is 11.1. The van der Waals surface area contributed by atoms with Crippen molar-refractivity contribution >= 4 is 70.9 Å². The third kappa shape index (κ3) is 3.45. The molecule has 8 heteroatoms. The number of rotatable bonds is 3. The monoisotopic (exact) mass is 428 g/mol. The molecule has 0 aliphatic carbocycles. The summed E-state index contributed by atoms with van der Waals surface area (Å²) in [5.74, 6) is 0.0512. The number of benzene rings is 2. The lowest BCUT2D eigenvalue weighted by Gasteiger charge is -2.30. The van der Waals surface area contributed by atoms with Gasteiger partial charge in [-0.05, 0) is 43.2 Å². The van der Waals surface area contributed by atoms with Crippen LogP contribution >= 0.6 is 34.3 Å². The lowest BCUT2D eigenvalue weighted by Crippen LogP contribution is -2.38. The lowest BCUT2D eigenvalue weighted by atomic mass is 9.96. The van der Waals surface area contributed by atoms with Crippen molar-refractivity contribution in [3.8, 4) is 0 Å². The van der Waals surface area contributed by atoms with Crippen LogP contribution in [0.3, 0.4) is 0 Å². The van der Waals surface area contributed by atoms with Crippen LogP contribution in [0.25, 0.3) is 20.4 Å². The van der Waals surface area contributed by atoms with Crippen LogP contribution in [-0.4, -0.2) is 29.0 Å². The minimum atomic E-state index is 0.00114. The molecule has 2 aromatic carbocycles. The summed E-state index contributed by atoms with van der Waals surface area (Å²) >= 11 is 9.20. The number of hydrogen-bond donors (Lipinski definition) is 1. The predicted molar refractivity (Wildman–Crippen MR) is 118 cm³/mol. The molecule has 5 rings (SSSR count). The quantitative estimate of drug-likeness (QED) is 0.473. The normalized spacial score (nSPS) is 15.4. The van der Waals surface area contributed by atoms with E-state index in [2.05, 4.69) is 21.3 Å². The van der Waals surface area contributed by atoms with Crippen molar-refractivity contribution in [1.82, 2.24) is 9.97 Å². The van der Waals surface area contributed by atoms with Gasteiger partial charge in [0.05, 0.1) is 20.4 Å². The highest BCUT2D eigenvalue weighted by Crippen LogP contribution is 2.32. The van der Waals surface area contributed by atoms with E-state index in [0.717, 1.165) is 46.8 Å². The van der Waals surface area contributed by atoms with Crippen molar-refractivity contribution in [2.75, 3.05) is 23.3 Å². The Hall–Kier alpha value is -2.22. The summed E-state index contributed by atoms with van der Waals surface area (Å²) in [6.45, 7) is 1.68. The molecule has 0 radical (unpaired) electrons. The summed E-state index contributed by atoms with van der Waals surface area (Å²) in [6, 6.07) is 13.8. The zero-order valence-corrected chi connectivity index (χ0v) is 17.3. The van der Waals surface area contributed by atoms with Gasteiger partial charge in [-0.2, -0.15) is 0 Å². The summed E-state index contributed by atoms with van der Waals surface area (Å²) in [6.07, 6.45) is 1.64. The fourth-order valence-corrected chi connectivity index (χ4v) is 5.65. The maximum atomic E-state index is 12.7. The fourth-order valence-electron chi connectivity index (χ4n) is 3.49. The second kappa shape index (κ2) is 7.31. The van der Waals surface area contributed by atoms with E-state index in [1.807, 2.05) is 36.4 Å². The molecule has 1 N–H and O–H groups in total. The van der Waals surface area contributed by atoms with Crippen LogP contribution in [0.1, 0.15) is 12.8 Å². The molecular weight excluding hydrogens is 412 g/mol. The van der Waals surface area contributed by atoms with Gasteiger partial charge >= 0.3 is 0 Å². The second-order valence-electron chi connectivity index (χ2n) is 6.85. The van der Waals surface area contributed by atoms with E-state index < -0.39 is 0 Å². The molecule has 0 atom stereocenters. The third-order valence-corrected chi connectivity index (χ3v) is 7.27. The van der Waals surface area contributed by atoms with E-state index >= 15 is 0 Å². The van der Waals surface area contributed by atoms with Crippen molar-refractivity contribution < 1.29 is 4.79 Å². The Balaban J connectivity index is 1.23. The van der Waals surface area contributed by atoms with E-state index in [4.69, 9.17) is 16.6 Å². The van der Waals surface area contributed by atoms with Gasteiger partial charge < -0.3 is 10.2 Å². The van der Waals surface area contributed by atoms with Crippen LogP contribution in [0, 0.1) is 5.92 Å². The molecule has 2 aromatic heterocycles. The van der Waals surface area contributed by atoms with Gasteiger partial charge in [-0.15, -0.1) is 0 Å². The molecule has 0 spiro atoms. The molecule has 5 nitrogen and oxygen atoms in total. The summed E-state index contributed by atoms with van der Waals surface area (Å²) in [4.78, 5) is 24.2. The summed E-state index contributed by atoms with van der Waals surface area (Å²) < 4.78 is 2.18. The smallest absolute Gasteiger partial charge is 0.229 e. The summed E-state index contributed by atoms with van der Waals surface area (Å²) in [5, 5.41) is 5.35. The van der Waals surface area contributed by atoms with E-state index in [1.54, 1.807) is 11.3 Å². The average Bonchev–Trinajstić information content (AvgIpc) is 3.31. The van der Waals surface area contributed by atoms with E-state index in [0.29, 0.717) is 10.2 Å². The number of carbonyl (C=O) groups is 1. The van der Waals surface area contributed by atoms with Gasteiger partial charge in [0, 0.05) is 24.0 Å². The number of nitrogens with zero attached hydrogens (tertiary/aromatic N) is 3. The van der Waals surface area contributed by atoms with E-state index in [9.17, 15) is 4.79 Å². The van der Waals surface area contributed by atoms with Crippen LogP contribution in [-0.2, 0) is 4.79 Å². The van der Waals surface area contributed by atoms with Gasteiger partial charge in [0.1, 0.15) is 0 Å². The third-order valence-electron chi connectivity index (χ3n) is 5.00. The Labute approximate surface area is 175 Å². The minimum absolute atomic E-state index is 0.00114. The number of thiazole rings is 2. The molecule has 1 amide bonds. The molecule has 4 aromatic rings. The number of carbonyl (C=O) groups excluding carboxylic acids is 1. The number of halogens is 1. The maximum Gasteiger partial charge on any atom is 0.229 e. The van der Waals surface area contributed by atoms with Gasteiger partial charge in [-0.1, -0.05) is 46.4 Å². The Morgan fingerprint density at radius 1 is 1.04 bits per heavy atom. The molecule has 1 saturated heterocycles. The van der Waals surface area contributed by atoms with Crippen molar-refractivity contribution in [2.45, 2.75) is 12.8 Å². The number of anilines is 2. The van der Waals surface area contributed by atoms with Crippen molar-refractivity contribution in [3.63, 3.8) is 0 Å². The second-order valence-corrected chi connectivity index (χ2v) is 9.32. The lowest BCUT2D eigenvalue weighted by molar-refractivity contribution is -0.120. The van der Waals surface area contributed by atoms with E-state index in [1.165, 1.54) is 16.0 Å². The Bertz CT molecular complexity index is 1130. The van der Waals surface area contributed by atoms with Crippen LogP contribution in [0.5, 0.6) is 0 Å². The van der Waals surface area contributed by atoms with Crippen molar-refractivity contribution in [2.24, 2.45) is 5.92 Å². The average molecular weight is 429 g/mol. The molecule has 1 fully saturated rings. The number of fused-ring (bicyclic) bond motifs is 2. The number of nitrogens with one attached hydrogen (secondary N) is 1. The summed E-state index contributed by atoms with van der Waals surface area (Å²) in [7, 11) is 0. The number of para-hydroxylation sites is 1. The molecular formula is C20H17ClN4OS2. The Morgan fingerprint density at radius 2 is 1.82 bits per heavy atom. The first-order chi connectivity index (χ1) is 13.7. The zero-order valence-electron chi connectivity index (χ0n) is 14.9. The van der Waals surface area contributed by atoms with Gasteiger partial charge in [0.2, 0.25) is 5.91 Å². The van der Waals surface area contributed by atoms with Gasteiger partial charge in [0.25, 0.3) is 0 Å². The number of amides is 1. The maximum absolute atomic E-state index is 12.7. The van der Waals surface area contributed by atoms with Crippen LogP contribution in [0.15, 0.2) is 42.5 Å². The molecule has 1 aliphatic heterocycles. The molecule has 0 saturated carbocycles. The van der Waals surface area contributed by atoms with E-state index in [-0.39, 0.29) is 11.8 Å². The molecule has 0 unspecified atom stereocenters. The van der Waals surface area contributed by atoms with Gasteiger partial charge in [0.15, 0.2) is 10.3 Å². The Kier molecular flexibility index (Phi) is 4.66. The van der Waals surface area contributed by atoms with Crippen molar-refractivity contribution in [3.05, 3.63) is 47.5 Å². The molecule has 142 valence electrons. The highest BCUT2D eigenvalue weighted by Gasteiger charge is 2.27.